The van der Waals surface area contributed by atoms with Gasteiger partial charge in [-0.2, -0.15) is 0 Å². The molecular weight excluding hydrogens is 381 g/mol. The zero-order chi connectivity index (χ0) is 19.6. The first-order chi connectivity index (χ1) is 12.8. The lowest BCUT2D eigenvalue weighted by Gasteiger charge is -2.09. The number of hydrogen-bond acceptors (Lipinski definition) is 4. The van der Waals surface area contributed by atoms with E-state index in [1.54, 1.807) is 18.2 Å². The number of aromatic nitrogens is 2. The molecule has 0 aliphatic carbocycles. The van der Waals surface area contributed by atoms with Crippen molar-refractivity contribution in [3.63, 3.8) is 0 Å². The summed E-state index contributed by atoms with van der Waals surface area (Å²) >= 11 is 6.05. The van der Waals surface area contributed by atoms with Gasteiger partial charge >= 0.3 is 0 Å². The molecule has 2 N–H and O–H groups in total. The molecule has 0 saturated heterocycles. The molecule has 1 heterocycles. The number of anilines is 3. The van der Waals surface area contributed by atoms with Crippen molar-refractivity contribution in [2.24, 2.45) is 0 Å². The summed E-state index contributed by atoms with van der Waals surface area (Å²) in [4.78, 5) is 20.2. The number of aryl methyl sites for hydroxylation is 1. The van der Waals surface area contributed by atoms with E-state index in [2.05, 4.69) is 20.6 Å². The van der Waals surface area contributed by atoms with Crippen molar-refractivity contribution in [2.75, 3.05) is 10.6 Å². The van der Waals surface area contributed by atoms with Gasteiger partial charge in [-0.05, 0) is 42.8 Å². The van der Waals surface area contributed by atoms with Crippen LogP contribution in [0.25, 0.3) is 0 Å². The van der Waals surface area contributed by atoms with Gasteiger partial charge in [0, 0.05) is 16.9 Å². The summed E-state index contributed by atoms with van der Waals surface area (Å²) in [5.41, 5.74) is 0.895. The van der Waals surface area contributed by atoms with Gasteiger partial charge in [-0.1, -0.05) is 17.7 Å². The van der Waals surface area contributed by atoms with Crippen molar-refractivity contribution in [2.45, 2.75) is 6.92 Å². The van der Waals surface area contributed by atoms with Crippen LogP contribution in [-0.2, 0) is 0 Å². The first-order valence-electron chi connectivity index (χ1n) is 7.66. The van der Waals surface area contributed by atoms with Crippen molar-refractivity contribution >= 4 is 34.8 Å². The van der Waals surface area contributed by atoms with E-state index in [4.69, 9.17) is 11.6 Å². The van der Waals surface area contributed by atoms with Crippen LogP contribution in [0.5, 0.6) is 0 Å². The lowest BCUT2D eigenvalue weighted by atomic mass is 10.2. The smallest absolute Gasteiger partial charge is 0.274 e. The second-order valence-corrected chi connectivity index (χ2v) is 5.94. The summed E-state index contributed by atoms with van der Waals surface area (Å²) < 4.78 is 39.9. The van der Waals surface area contributed by atoms with Crippen LogP contribution in [0, 0.1) is 24.4 Å². The van der Waals surface area contributed by atoms with E-state index < -0.39 is 29.0 Å². The molecule has 138 valence electrons. The molecule has 0 spiro atoms. The van der Waals surface area contributed by atoms with Gasteiger partial charge < -0.3 is 10.6 Å². The number of nitrogens with one attached hydrogen (secondary N) is 2. The number of benzene rings is 2. The molecule has 2 aromatic carbocycles. The molecule has 0 atom stereocenters. The number of halogens is 4. The van der Waals surface area contributed by atoms with Crippen molar-refractivity contribution < 1.29 is 18.0 Å². The SMILES string of the molecule is Cc1ccc(Nc2nccc(C(=O)Nc3ccc(F)c(F)c3F)n2)cc1Cl. The summed E-state index contributed by atoms with van der Waals surface area (Å²) in [7, 11) is 0. The molecule has 3 aromatic rings. The molecule has 0 saturated carbocycles. The standard InChI is InChI=1S/C18H12ClF3N4O/c1-9-2-3-10(8-11(9)19)24-18-23-7-6-14(26-18)17(27)25-13-5-4-12(20)15(21)16(13)22/h2-8H,1H3,(H,25,27)(H,23,24,26). The molecule has 1 amide bonds. The molecule has 27 heavy (non-hydrogen) atoms. The highest BCUT2D eigenvalue weighted by atomic mass is 35.5. The minimum Gasteiger partial charge on any atom is -0.324 e. The van der Waals surface area contributed by atoms with Crippen molar-refractivity contribution in [1.82, 2.24) is 9.97 Å². The molecule has 0 fully saturated rings. The second-order valence-electron chi connectivity index (χ2n) is 5.53. The Morgan fingerprint density at radius 1 is 1.07 bits per heavy atom. The summed E-state index contributed by atoms with van der Waals surface area (Å²) in [5, 5.41) is 5.58. The van der Waals surface area contributed by atoms with Crippen LogP contribution in [0.3, 0.4) is 0 Å². The number of carbonyl (C=O) groups is 1. The Morgan fingerprint density at radius 3 is 2.59 bits per heavy atom. The number of hydrogen-bond donors (Lipinski definition) is 2. The Bertz CT molecular complexity index is 1030. The Hall–Kier alpha value is -3.13. The Balaban J connectivity index is 1.79. The van der Waals surface area contributed by atoms with Crippen LogP contribution in [-0.4, -0.2) is 15.9 Å². The Kier molecular flexibility index (Phi) is 5.27. The zero-order valence-electron chi connectivity index (χ0n) is 13.9. The van der Waals surface area contributed by atoms with Gasteiger partial charge in [-0.3, -0.25) is 4.79 Å². The fraction of sp³-hybridized carbons (Fsp3) is 0.0556. The van der Waals surface area contributed by atoms with Crippen LogP contribution in [0.4, 0.5) is 30.5 Å². The van der Waals surface area contributed by atoms with Crippen LogP contribution in [0.15, 0.2) is 42.6 Å². The maximum absolute atomic E-state index is 13.7. The molecule has 0 bridgehead atoms. The fourth-order valence-electron chi connectivity index (χ4n) is 2.15. The quantitative estimate of drug-likeness (QED) is 0.623. The van der Waals surface area contributed by atoms with Crippen molar-refractivity contribution in [3.8, 4) is 0 Å². The Labute approximate surface area is 157 Å². The van der Waals surface area contributed by atoms with Gasteiger partial charge in [0.25, 0.3) is 5.91 Å². The largest absolute Gasteiger partial charge is 0.324 e. The van der Waals surface area contributed by atoms with Gasteiger partial charge in [-0.25, -0.2) is 23.1 Å². The van der Waals surface area contributed by atoms with Crippen LogP contribution in [0.2, 0.25) is 5.02 Å². The number of amides is 1. The molecule has 0 unspecified atom stereocenters. The molecule has 0 aliphatic rings. The third kappa shape index (κ3) is 4.17. The molecule has 5 nitrogen and oxygen atoms in total. The fourth-order valence-corrected chi connectivity index (χ4v) is 2.33. The highest BCUT2D eigenvalue weighted by molar-refractivity contribution is 6.31. The maximum atomic E-state index is 13.7. The number of nitrogens with zero attached hydrogens (tertiary/aromatic N) is 2. The third-order valence-corrected chi connectivity index (χ3v) is 4.01. The normalized spacial score (nSPS) is 10.6. The van der Waals surface area contributed by atoms with Gasteiger partial charge in [0.05, 0.1) is 5.69 Å². The molecule has 1 aromatic heterocycles. The van der Waals surface area contributed by atoms with Crippen LogP contribution >= 0.6 is 11.6 Å². The maximum Gasteiger partial charge on any atom is 0.274 e. The second kappa shape index (κ2) is 7.63. The van der Waals surface area contributed by atoms with Gasteiger partial charge in [0.1, 0.15) is 5.69 Å². The summed E-state index contributed by atoms with van der Waals surface area (Å²) in [6, 6.07) is 8.15. The summed E-state index contributed by atoms with van der Waals surface area (Å²) in [6.45, 7) is 1.85. The highest BCUT2D eigenvalue weighted by Gasteiger charge is 2.17. The Morgan fingerprint density at radius 2 is 1.85 bits per heavy atom. The van der Waals surface area contributed by atoms with Crippen LogP contribution in [0.1, 0.15) is 16.1 Å². The predicted molar refractivity (Wildman–Crippen MR) is 95.8 cm³/mol. The highest BCUT2D eigenvalue weighted by Crippen LogP contribution is 2.22. The minimum absolute atomic E-state index is 0.102. The minimum atomic E-state index is -1.67. The van der Waals surface area contributed by atoms with Crippen LogP contribution < -0.4 is 10.6 Å². The zero-order valence-corrected chi connectivity index (χ0v) is 14.6. The third-order valence-electron chi connectivity index (χ3n) is 3.60. The monoisotopic (exact) mass is 392 g/mol. The van der Waals surface area contributed by atoms with Gasteiger partial charge in [-0.15, -0.1) is 0 Å². The van der Waals surface area contributed by atoms with E-state index in [0.717, 1.165) is 11.6 Å². The van der Waals surface area contributed by atoms with Crippen molar-refractivity contribution in [1.29, 1.82) is 0 Å². The lowest BCUT2D eigenvalue weighted by molar-refractivity contribution is 0.102. The molecular formula is C18H12ClF3N4O. The lowest BCUT2D eigenvalue weighted by Crippen LogP contribution is -2.16. The molecule has 3 rings (SSSR count). The number of rotatable bonds is 4. The van der Waals surface area contributed by atoms with E-state index in [9.17, 15) is 18.0 Å². The van der Waals surface area contributed by atoms with E-state index in [1.165, 1.54) is 12.3 Å². The first kappa shape index (κ1) is 18.7. The molecule has 9 heteroatoms. The van der Waals surface area contributed by atoms with Gasteiger partial charge in [0.2, 0.25) is 5.95 Å². The molecule has 0 aliphatic heterocycles. The van der Waals surface area contributed by atoms with E-state index in [-0.39, 0.29) is 11.6 Å². The van der Waals surface area contributed by atoms with E-state index >= 15 is 0 Å². The average Bonchev–Trinajstić information content (AvgIpc) is 2.65. The average molecular weight is 393 g/mol. The summed E-state index contributed by atoms with van der Waals surface area (Å²) in [6.07, 6.45) is 1.32. The first-order valence-corrected chi connectivity index (χ1v) is 8.04. The topological polar surface area (TPSA) is 66.9 Å². The number of carbonyl (C=O) groups excluding carboxylic acids is 1. The summed E-state index contributed by atoms with van der Waals surface area (Å²) in [5.74, 6) is -5.23. The van der Waals surface area contributed by atoms with E-state index in [1.807, 2.05) is 6.92 Å². The van der Waals surface area contributed by atoms with E-state index in [0.29, 0.717) is 16.8 Å². The van der Waals surface area contributed by atoms with Crippen molar-refractivity contribution in [3.05, 3.63) is 76.3 Å². The predicted octanol–water partition coefficient (Wildman–Crippen LogP) is 4.85. The van der Waals surface area contributed by atoms with Gasteiger partial charge in [0.15, 0.2) is 17.5 Å². The molecule has 0 radical (unpaired) electrons.